The summed E-state index contributed by atoms with van der Waals surface area (Å²) in [4.78, 5) is 4.39. The van der Waals surface area contributed by atoms with Crippen LogP contribution < -0.4 is 5.32 Å². The van der Waals surface area contributed by atoms with E-state index in [1.54, 1.807) is 12.3 Å². The molecule has 1 aromatic rings. The molecule has 0 spiro atoms. The zero-order valence-corrected chi connectivity index (χ0v) is 14.8. The predicted molar refractivity (Wildman–Crippen MR) is 85.4 cm³/mol. The van der Waals surface area contributed by atoms with E-state index >= 15 is 0 Å². The molecule has 0 saturated heterocycles. The van der Waals surface area contributed by atoms with Gasteiger partial charge >= 0.3 is 0 Å². The summed E-state index contributed by atoms with van der Waals surface area (Å²) in [5, 5.41) is 3.01. The van der Waals surface area contributed by atoms with E-state index < -0.39 is 10.0 Å². The van der Waals surface area contributed by atoms with Gasteiger partial charge in [-0.05, 0) is 49.2 Å². The summed E-state index contributed by atoms with van der Waals surface area (Å²) in [5.41, 5.74) is 0. The molecule has 0 bridgehead atoms. The van der Waals surface area contributed by atoms with Crippen molar-refractivity contribution < 1.29 is 8.42 Å². The fraction of sp³-hybridized carbons (Fsp3) is 0.615. The van der Waals surface area contributed by atoms with E-state index in [1.807, 2.05) is 27.7 Å². The highest BCUT2D eigenvalue weighted by Gasteiger charge is 2.29. The van der Waals surface area contributed by atoms with Gasteiger partial charge in [0.1, 0.15) is 10.7 Å². The van der Waals surface area contributed by atoms with E-state index in [9.17, 15) is 8.42 Å². The Bertz CT molecular complexity index is 547. The van der Waals surface area contributed by atoms with Crippen LogP contribution in [0.4, 0.5) is 5.82 Å². The van der Waals surface area contributed by atoms with Gasteiger partial charge in [0.25, 0.3) is 0 Å². The average molecular weight is 364 g/mol. The topological polar surface area (TPSA) is 62.3 Å². The van der Waals surface area contributed by atoms with Crippen molar-refractivity contribution in [2.45, 2.75) is 45.1 Å². The summed E-state index contributed by atoms with van der Waals surface area (Å²) in [6.45, 7) is 8.75. The SMILES string of the molecule is CCCN(C(C)C)S(=O)(=O)c1cc(Br)cnc1NCC. The van der Waals surface area contributed by atoms with Crippen molar-refractivity contribution in [2.24, 2.45) is 0 Å². The van der Waals surface area contributed by atoms with Crippen LogP contribution in [0.3, 0.4) is 0 Å². The fourth-order valence-corrected chi connectivity index (χ4v) is 4.28. The Morgan fingerprint density at radius 3 is 2.55 bits per heavy atom. The van der Waals surface area contributed by atoms with Gasteiger partial charge in [0, 0.05) is 29.8 Å². The second-order valence-electron chi connectivity index (χ2n) is 4.74. The summed E-state index contributed by atoms with van der Waals surface area (Å²) in [7, 11) is -3.56. The van der Waals surface area contributed by atoms with E-state index in [-0.39, 0.29) is 10.9 Å². The van der Waals surface area contributed by atoms with Gasteiger partial charge in [-0.1, -0.05) is 6.92 Å². The molecule has 0 saturated carbocycles. The number of nitrogens with zero attached hydrogens (tertiary/aromatic N) is 2. The Morgan fingerprint density at radius 1 is 1.40 bits per heavy atom. The number of rotatable bonds is 7. The summed E-state index contributed by atoms with van der Waals surface area (Å²) >= 11 is 3.29. The van der Waals surface area contributed by atoms with Gasteiger partial charge in [-0.2, -0.15) is 4.31 Å². The van der Waals surface area contributed by atoms with Crippen molar-refractivity contribution in [1.82, 2.24) is 9.29 Å². The number of aromatic nitrogens is 1. The molecule has 1 aromatic heterocycles. The van der Waals surface area contributed by atoms with Crippen LogP contribution in [0.1, 0.15) is 34.1 Å². The summed E-state index contributed by atoms with van der Waals surface area (Å²) < 4.78 is 27.8. The molecule has 7 heteroatoms. The molecule has 0 atom stereocenters. The molecule has 0 aliphatic rings. The Morgan fingerprint density at radius 2 is 2.05 bits per heavy atom. The summed E-state index contributed by atoms with van der Waals surface area (Å²) in [5.74, 6) is 0.400. The van der Waals surface area contributed by atoms with Crippen LogP contribution in [0.2, 0.25) is 0 Å². The number of hydrogen-bond acceptors (Lipinski definition) is 4. The molecule has 0 amide bonds. The van der Waals surface area contributed by atoms with Gasteiger partial charge in [0.05, 0.1) is 0 Å². The van der Waals surface area contributed by atoms with Crippen molar-refractivity contribution in [3.05, 3.63) is 16.7 Å². The Balaban J connectivity index is 3.35. The molecule has 1 heterocycles. The third-order valence-corrected chi connectivity index (χ3v) is 5.29. The third-order valence-electron chi connectivity index (χ3n) is 2.77. The molecule has 0 aromatic carbocycles. The number of halogens is 1. The molecule has 0 radical (unpaired) electrons. The highest BCUT2D eigenvalue weighted by Crippen LogP contribution is 2.27. The molecular weight excluding hydrogens is 342 g/mol. The van der Waals surface area contributed by atoms with E-state index in [0.29, 0.717) is 23.4 Å². The van der Waals surface area contributed by atoms with Crippen LogP contribution in [-0.2, 0) is 10.0 Å². The second-order valence-corrected chi connectivity index (χ2v) is 7.51. The number of sulfonamides is 1. The standard InChI is InChI=1S/C13H22BrN3O2S/c1-5-7-17(10(3)4)20(18,19)12-8-11(14)9-16-13(12)15-6-2/h8-10H,5-7H2,1-4H3,(H,15,16). The molecule has 1 rings (SSSR count). The van der Waals surface area contributed by atoms with E-state index in [1.165, 1.54) is 4.31 Å². The number of pyridine rings is 1. The Labute approximate surface area is 130 Å². The van der Waals surface area contributed by atoms with Crippen molar-refractivity contribution in [3.63, 3.8) is 0 Å². The number of anilines is 1. The van der Waals surface area contributed by atoms with Gasteiger partial charge in [-0.15, -0.1) is 0 Å². The van der Waals surface area contributed by atoms with E-state index in [0.717, 1.165) is 6.42 Å². The lowest BCUT2D eigenvalue weighted by Gasteiger charge is -2.26. The van der Waals surface area contributed by atoms with Crippen molar-refractivity contribution in [2.75, 3.05) is 18.4 Å². The summed E-state index contributed by atoms with van der Waals surface area (Å²) in [6, 6.07) is 1.51. The van der Waals surface area contributed by atoms with Gasteiger partial charge in [0.15, 0.2) is 0 Å². The first-order valence-electron chi connectivity index (χ1n) is 6.75. The normalized spacial score (nSPS) is 12.2. The van der Waals surface area contributed by atoms with Crippen LogP contribution in [0, 0.1) is 0 Å². The maximum Gasteiger partial charge on any atom is 0.247 e. The Hall–Kier alpha value is -0.660. The largest absolute Gasteiger partial charge is 0.369 e. The number of hydrogen-bond donors (Lipinski definition) is 1. The van der Waals surface area contributed by atoms with Crippen molar-refractivity contribution in [1.29, 1.82) is 0 Å². The lowest BCUT2D eigenvalue weighted by molar-refractivity contribution is 0.354. The zero-order chi connectivity index (χ0) is 15.3. The zero-order valence-electron chi connectivity index (χ0n) is 12.4. The molecule has 0 fully saturated rings. The molecule has 20 heavy (non-hydrogen) atoms. The van der Waals surface area contributed by atoms with Crippen LogP contribution in [-0.4, -0.2) is 36.8 Å². The summed E-state index contributed by atoms with van der Waals surface area (Å²) in [6.07, 6.45) is 2.37. The minimum Gasteiger partial charge on any atom is -0.369 e. The monoisotopic (exact) mass is 363 g/mol. The van der Waals surface area contributed by atoms with Gasteiger partial charge in [0.2, 0.25) is 10.0 Å². The molecule has 1 N–H and O–H groups in total. The fourth-order valence-electron chi connectivity index (χ4n) is 1.92. The number of nitrogens with one attached hydrogen (secondary N) is 1. The molecule has 114 valence electrons. The van der Waals surface area contributed by atoms with Crippen molar-refractivity contribution >= 4 is 31.8 Å². The smallest absolute Gasteiger partial charge is 0.247 e. The van der Waals surface area contributed by atoms with Crippen LogP contribution in [0.15, 0.2) is 21.6 Å². The molecule has 0 aliphatic carbocycles. The highest BCUT2D eigenvalue weighted by molar-refractivity contribution is 9.10. The van der Waals surface area contributed by atoms with Gasteiger partial charge in [-0.25, -0.2) is 13.4 Å². The first-order chi connectivity index (χ1) is 9.34. The minimum atomic E-state index is -3.56. The third kappa shape index (κ3) is 3.93. The lowest BCUT2D eigenvalue weighted by Crippen LogP contribution is -2.38. The van der Waals surface area contributed by atoms with E-state index in [2.05, 4.69) is 26.2 Å². The van der Waals surface area contributed by atoms with E-state index in [4.69, 9.17) is 0 Å². The first kappa shape index (κ1) is 17.4. The predicted octanol–water partition coefficient (Wildman–Crippen LogP) is 3.09. The Kier molecular flexibility index (Phi) is 6.42. The maximum absolute atomic E-state index is 12.8. The molecule has 5 nitrogen and oxygen atoms in total. The molecule has 0 unspecified atom stereocenters. The van der Waals surface area contributed by atoms with Gasteiger partial charge < -0.3 is 5.32 Å². The minimum absolute atomic E-state index is 0.0894. The second kappa shape index (κ2) is 7.38. The van der Waals surface area contributed by atoms with Gasteiger partial charge in [-0.3, -0.25) is 0 Å². The first-order valence-corrected chi connectivity index (χ1v) is 8.99. The average Bonchev–Trinajstić information content (AvgIpc) is 2.37. The quantitative estimate of drug-likeness (QED) is 0.808. The maximum atomic E-state index is 12.8. The van der Waals surface area contributed by atoms with Crippen LogP contribution in [0.5, 0.6) is 0 Å². The van der Waals surface area contributed by atoms with Crippen LogP contribution in [0.25, 0.3) is 0 Å². The molecule has 0 aliphatic heterocycles. The molecular formula is C13H22BrN3O2S. The highest BCUT2D eigenvalue weighted by atomic mass is 79.9. The van der Waals surface area contributed by atoms with Crippen molar-refractivity contribution in [3.8, 4) is 0 Å². The van der Waals surface area contributed by atoms with Crippen LogP contribution >= 0.6 is 15.9 Å². The lowest BCUT2D eigenvalue weighted by atomic mass is 10.4.